The minimum absolute atomic E-state index is 0.219. The maximum Gasteiger partial charge on any atom is 0.164 e. The molecule has 0 unspecified atom stereocenters. The van der Waals surface area contributed by atoms with Crippen LogP contribution in [0.5, 0.6) is 0 Å². The summed E-state index contributed by atoms with van der Waals surface area (Å²) in [7, 11) is 1.44. The summed E-state index contributed by atoms with van der Waals surface area (Å²) in [6.45, 7) is 17.9. The van der Waals surface area contributed by atoms with E-state index in [0.717, 1.165) is 28.1 Å². The van der Waals surface area contributed by atoms with E-state index in [-0.39, 0.29) is 5.76 Å². The fourth-order valence-corrected chi connectivity index (χ4v) is 2.13. The van der Waals surface area contributed by atoms with Crippen molar-refractivity contribution in [2.75, 3.05) is 13.7 Å². The van der Waals surface area contributed by atoms with Crippen molar-refractivity contribution in [3.8, 4) is 0 Å². The lowest BCUT2D eigenvalue weighted by atomic mass is 9.98. The number of halogens is 1. The summed E-state index contributed by atoms with van der Waals surface area (Å²) in [5, 5.41) is 3.22. The van der Waals surface area contributed by atoms with Gasteiger partial charge in [-0.1, -0.05) is 24.3 Å². The second kappa shape index (κ2) is 11.2. The lowest BCUT2D eigenvalue weighted by Crippen LogP contribution is -2.15. The molecule has 0 aliphatic rings. The van der Waals surface area contributed by atoms with E-state index in [1.54, 1.807) is 19.1 Å². The molecule has 0 saturated heterocycles. The molecule has 0 spiro atoms. The first-order valence-corrected chi connectivity index (χ1v) is 7.78. The van der Waals surface area contributed by atoms with Gasteiger partial charge in [0.25, 0.3) is 0 Å². The number of rotatable bonds is 9. The topological polar surface area (TPSA) is 33.6 Å². The summed E-state index contributed by atoms with van der Waals surface area (Å²) in [6.07, 6.45) is 6.39. The van der Waals surface area contributed by atoms with Gasteiger partial charge in [-0.3, -0.25) is 4.99 Å². The number of methoxy groups -OCH3 is 1. The van der Waals surface area contributed by atoms with Gasteiger partial charge in [-0.15, -0.1) is 0 Å². The van der Waals surface area contributed by atoms with Crippen LogP contribution in [0.1, 0.15) is 34.6 Å². The Balaban J connectivity index is 4.91. The summed E-state index contributed by atoms with van der Waals surface area (Å²) >= 11 is 0. The molecule has 0 aliphatic carbocycles. The lowest BCUT2D eigenvalue weighted by Gasteiger charge is -2.16. The monoisotopic (exact) mass is 332 g/mol. The van der Waals surface area contributed by atoms with Crippen LogP contribution in [-0.2, 0) is 4.74 Å². The average molecular weight is 332 g/mol. The maximum absolute atomic E-state index is 13.7. The van der Waals surface area contributed by atoms with Crippen LogP contribution in [0.3, 0.4) is 0 Å². The molecule has 3 nitrogen and oxygen atoms in total. The van der Waals surface area contributed by atoms with E-state index >= 15 is 0 Å². The van der Waals surface area contributed by atoms with Crippen molar-refractivity contribution in [2.24, 2.45) is 4.99 Å². The SMILES string of the molecule is C=N/C(C)=C(\C)C(C(=C)NC/C=C/C=C(F)\C(=C/C)OC)=C(C)C. The first-order chi connectivity index (χ1) is 11.3. The second-order valence-corrected chi connectivity index (χ2v) is 5.40. The van der Waals surface area contributed by atoms with Crippen molar-refractivity contribution in [2.45, 2.75) is 34.6 Å². The summed E-state index contributed by atoms with van der Waals surface area (Å²) in [4.78, 5) is 3.98. The van der Waals surface area contributed by atoms with Gasteiger partial charge in [-0.05, 0) is 59.1 Å². The molecule has 0 bridgehead atoms. The fraction of sp³-hybridized carbons (Fsp3) is 0.350. The zero-order chi connectivity index (χ0) is 18.7. The Morgan fingerprint density at radius 1 is 1.25 bits per heavy atom. The van der Waals surface area contributed by atoms with Crippen LogP contribution in [0, 0.1) is 0 Å². The van der Waals surface area contributed by atoms with Crippen LogP contribution < -0.4 is 5.32 Å². The molecule has 0 aromatic carbocycles. The molecule has 1 N–H and O–H groups in total. The molecule has 0 aromatic rings. The van der Waals surface area contributed by atoms with E-state index in [4.69, 9.17) is 4.74 Å². The molecule has 0 aromatic heterocycles. The van der Waals surface area contributed by atoms with Crippen molar-refractivity contribution >= 4 is 6.72 Å². The van der Waals surface area contributed by atoms with Gasteiger partial charge < -0.3 is 10.1 Å². The maximum atomic E-state index is 13.7. The smallest absolute Gasteiger partial charge is 0.164 e. The third-order valence-electron chi connectivity index (χ3n) is 3.49. The minimum atomic E-state index is -0.411. The predicted molar refractivity (Wildman–Crippen MR) is 103 cm³/mol. The Hall–Kier alpha value is -2.36. The third kappa shape index (κ3) is 6.82. The first kappa shape index (κ1) is 21.6. The predicted octanol–water partition coefficient (Wildman–Crippen LogP) is 5.38. The number of hydrogen-bond donors (Lipinski definition) is 1. The number of nitrogens with one attached hydrogen (secondary N) is 1. The number of allylic oxidation sites excluding steroid dienone is 7. The Bertz CT molecular complexity index is 616. The lowest BCUT2D eigenvalue weighted by molar-refractivity contribution is 0.282. The van der Waals surface area contributed by atoms with E-state index in [2.05, 4.69) is 23.6 Å². The van der Waals surface area contributed by atoms with Gasteiger partial charge in [0.2, 0.25) is 0 Å². The molecular weight excluding hydrogens is 303 g/mol. The van der Waals surface area contributed by atoms with Crippen molar-refractivity contribution < 1.29 is 9.13 Å². The zero-order valence-electron chi connectivity index (χ0n) is 15.7. The van der Waals surface area contributed by atoms with Gasteiger partial charge in [0.1, 0.15) is 5.76 Å². The third-order valence-corrected chi connectivity index (χ3v) is 3.49. The molecule has 24 heavy (non-hydrogen) atoms. The average Bonchev–Trinajstić information content (AvgIpc) is 2.54. The van der Waals surface area contributed by atoms with E-state index in [1.165, 1.54) is 13.2 Å². The normalized spacial score (nSPS) is 13.5. The molecule has 0 rings (SSSR count). The van der Waals surface area contributed by atoms with Gasteiger partial charge in [0.15, 0.2) is 5.83 Å². The molecule has 0 atom stereocenters. The van der Waals surface area contributed by atoms with Gasteiger partial charge >= 0.3 is 0 Å². The summed E-state index contributed by atoms with van der Waals surface area (Å²) in [5.41, 5.74) is 4.88. The van der Waals surface area contributed by atoms with Gasteiger partial charge in [-0.25, -0.2) is 4.39 Å². The van der Waals surface area contributed by atoms with Gasteiger partial charge in [-0.2, -0.15) is 0 Å². The van der Waals surface area contributed by atoms with Gasteiger partial charge in [0.05, 0.1) is 7.11 Å². The number of ether oxygens (including phenoxy) is 1. The van der Waals surface area contributed by atoms with Crippen LogP contribution >= 0.6 is 0 Å². The highest BCUT2D eigenvalue weighted by molar-refractivity contribution is 5.49. The second-order valence-electron chi connectivity index (χ2n) is 5.40. The van der Waals surface area contributed by atoms with E-state index < -0.39 is 5.83 Å². The molecule has 0 heterocycles. The Labute approximate surface area is 145 Å². The van der Waals surface area contributed by atoms with Crippen LogP contribution in [0.4, 0.5) is 4.39 Å². The van der Waals surface area contributed by atoms with Crippen molar-refractivity contribution in [1.82, 2.24) is 5.32 Å². The molecule has 0 radical (unpaired) electrons. The van der Waals surface area contributed by atoms with E-state index in [1.807, 2.05) is 33.8 Å². The van der Waals surface area contributed by atoms with Crippen LogP contribution in [0.15, 0.2) is 75.6 Å². The van der Waals surface area contributed by atoms with Crippen molar-refractivity contribution in [3.05, 3.63) is 70.6 Å². The number of aliphatic imine (C=N–C) groups is 1. The molecule has 4 heteroatoms. The Kier molecular flexibility index (Phi) is 10.1. The fourth-order valence-electron chi connectivity index (χ4n) is 2.13. The van der Waals surface area contributed by atoms with Gasteiger partial charge in [0, 0.05) is 23.5 Å². The largest absolute Gasteiger partial charge is 0.494 e. The number of hydrogen-bond acceptors (Lipinski definition) is 3. The molecule has 0 amide bonds. The molecule has 132 valence electrons. The molecular formula is C20H29FN2O. The Morgan fingerprint density at radius 2 is 1.88 bits per heavy atom. The summed E-state index contributed by atoms with van der Waals surface area (Å²) in [5.74, 6) is -0.191. The van der Waals surface area contributed by atoms with E-state index in [0.29, 0.717) is 6.54 Å². The first-order valence-electron chi connectivity index (χ1n) is 7.78. The number of nitrogens with zero attached hydrogens (tertiary/aromatic N) is 1. The quantitative estimate of drug-likeness (QED) is 0.349. The summed E-state index contributed by atoms with van der Waals surface area (Å²) < 4.78 is 18.6. The molecule has 0 saturated carbocycles. The van der Waals surface area contributed by atoms with E-state index in [9.17, 15) is 4.39 Å². The van der Waals surface area contributed by atoms with Crippen molar-refractivity contribution in [1.29, 1.82) is 0 Å². The zero-order valence-corrected chi connectivity index (χ0v) is 15.7. The molecule has 0 fully saturated rings. The summed E-state index contributed by atoms with van der Waals surface area (Å²) in [6, 6.07) is 0. The van der Waals surface area contributed by atoms with Crippen LogP contribution in [0.2, 0.25) is 0 Å². The van der Waals surface area contributed by atoms with Crippen LogP contribution in [-0.4, -0.2) is 20.4 Å². The minimum Gasteiger partial charge on any atom is -0.494 e. The highest BCUT2D eigenvalue weighted by Crippen LogP contribution is 2.23. The van der Waals surface area contributed by atoms with Crippen molar-refractivity contribution in [3.63, 3.8) is 0 Å². The standard InChI is InChI=1S/C20H29FN2O/c1-9-19(24-8)18(21)12-10-11-13-23-17(6)20(14(2)3)15(4)16(5)22-7/h9-12,23H,6-7,13H2,1-5,8H3/b11-10+,16-15+,18-12+,19-9+. The highest BCUT2D eigenvalue weighted by atomic mass is 19.1. The van der Waals surface area contributed by atoms with Crippen LogP contribution in [0.25, 0.3) is 0 Å². The molecule has 0 aliphatic heterocycles. The highest BCUT2D eigenvalue weighted by Gasteiger charge is 2.09. The Morgan fingerprint density at radius 3 is 2.33 bits per heavy atom.